The van der Waals surface area contributed by atoms with Crippen molar-refractivity contribution in [3.63, 3.8) is 0 Å². The topological polar surface area (TPSA) is 48.5 Å². The van der Waals surface area contributed by atoms with E-state index >= 15 is 0 Å². The maximum Gasteiger partial charge on any atom is 0.238 e. The number of fused-ring (bicyclic) bond motifs is 6. The molecule has 56 heavy (non-hydrogen) atoms. The van der Waals surface area contributed by atoms with Crippen LogP contribution in [0, 0.1) is 0 Å². The molecule has 0 unspecified atom stereocenters. The maximum absolute atomic E-state index is 10.3. The van der Waals surface area contributed by atoms with Gasteiger partial charge in [0.2, 0.25) is 5.95 Å². The summed E-state index contributed by atoms with van der Waals surface area (Å²) in [4.78, 5) is 14.8. The first-order chi connectivity index (χ1) is 31.9. The molecule has 0 aliphatic heterocycles. The lowest BCUT2D eigenvalue weighted by atomic mass is 10.0. The molecule has 0 atom stereocenters. The zero-order valence-corrected chi connectivity index (χ0v) is 29.5. The van der Waals surface area contributed by atoms with Gasteiger partial charge in [0, 0.05) is 38.4 Å². The van der Waals surface area contributed by atoms with Crippen molar-refractivity contribution in [2.24, 2.45) is 0 Å². The van der Waals surface area contributed by atoms with Crippen molar-refractivity contribution < 1.29 is 13.7 Å². The highest BCUT2D eigenvalue weighted by Gasteiger charge is 2.21. The number of hydrogen-bond donors (Lipinski definition) is 0. The van der Waals surface area contributed by atoms with Crippen molar-refractivity contribution in [1.82, 2.24) is 24.1 Å². The van der Waals surface area contributed by atoms with Crippen LogP contribution in [0.3, 0.4) is 0 Å². The van der Waals surface area contributed by atoms with Gasteiger partial charge in [0.1, 0.15) is 0 Å². The summed E-state index contributed by atoms with van der Waals surface area (Å²) in [6.07, 6.45) is 0. The normalized spacial score (nSPS) is 14.1. The molecular formula is C51H33N5. The molecule has 0 bridgehead atoms. The average molecular weight is 726 g/mol. The lowest BCUT2D eigenvalue weighted by molar-refractivity contribution is 0.953. The second-order valence-electron chi connectivity index (χ2n) is 13.3. The van der Waals surface area contributed by atoms with Crippen molar-refractivity contribution in [2.45, 2.75) is 0 Å². The molecule has 0 aliphatic rings. The van der Waals surface area contributed by atoms with E-state index < -0.39 is 42.3 Å². The van der Waals surface area contributed by atoms with Crippen LogP contribution < -0.4 is 0 Å². The van der Waals surface area contributed by atoms with Crippen molar-refractivity contribution in [2.75, 3.05) is 0 Å². The lowest BCUT2D eigenvalue weighted by Crippen LogP contribution is -2.06. The van der Waals surface area contributed by atoms with E-state index in [-0.39, 0.29) is 79.3 Å². The largest absolute Gasteiger partial charge is 0.309 e. The predicted octanol–water partition coefficient (Wildman–Crippen LogP) is 12.7. The van der Waals surface area contributed by atoms with Crippen LogP contribution in [0.25, 0.3) is 100 Å². The Kier molecular flexibility index (Phi) is 5.41. The molecule has 11 aromatic rings. The third kappa shape index (κ3) is 5.29. The Morgan fingerprint density at radius 1 is 0.339 bits per heavy atom. The van der Waals surface area contributed by atoms with Crippen molar-refractivity contribution in [3.05, 3.63) is 200 Å². The number of nitrogens with zero attached hydrogens (tertiary/aromatic N) is 5. The molecule has 8 aromatic carbocycles. The third-order valence-corrected chi connectivity index (χ3v) is 10.0. The molecule has 5 nitrogen and oxygen atoms in total. The number of hydrogen-bond acceptors (Lipinski definition) is 3. The fourth-order valence-electron chi connectivity index (χ4n) is 7.35. The molecular weight excluding hydrogens is 683 g/mol. The van der Waals surface area contributed by atoms with E-state index in [0.29, 0.717) is 16.8 Å². The zero-order chi connectivity index (χ0) is 45.7. The summed E-state index contributed by atoms with van der Waals surface area (Å²) in [5.74, 6) is 0.403. The Morgan fingerprint density at radius 2 is 0.750 bits per heavy atom. The Bertz CT molecular complexity index is 3780. The lowest BCUT2D eigenvalue weighted by Gasteiger charge is -2.12. The van der Waals surface area contributed by atoms with Crippen LogP contribution >= 0.6 is 0 Å². The van der Waals surface area contributed by atoms with Gasteiger partial charge in [0.25, 0.3) is 0 Å². The van der Waals surface area contributed by atoms with Gasteiger partial charge in [-0.1, -0.05) is 164 Å². The van der Waals surface area contributed by atoms with Crippen LogP contribution in [0.1, 0.15) is 13.7 Å². The summed E-state index contributed by atoms with van der Waals surface area (Å²) in [7, 11) is 0. The van der Waals surface area contributed by atoms with Crippen LogP contribution in [-0.4, -0.2) is 24.1 Å². The molecule has 0 radical (unpaired) electrons. The van der Waals surface area contributed by atoms with Gasteiger partial charge in [-0.2, -0.15) is 9.97 Å². The maximum atomic E-state index is 10.3. The first-order valence-corrected chi connectivity index (χ1v) is 18.1. The van der Waals surface area contributed by atoms with E-state index in [1.165, 1.54) is 4.57 Å². The van der Waals surface area contributed by atoms with Crippen LogP contribution in [-0.2, 0) is 0 Å². The summed E-state index contributed by atoms with van der Waals surface area (Å²) >= 11 is 0. The molecule has 0 fully saturated rings. The molecule has 11 rings (SSSR count). The monoisotopic (exact) mass is 725 g/mol. The molecule has 0 spiro atoms. The summed E-state index contributed by atoms with van der Waals surface area (Å²) in [6, 6.07) is 39.4. The van der Waals surface area contributed by atoms with E-state index in [0.717, 1.165) is 22.3 Å². The van der Waals surface area contributed by atoms with Gasteiger partial charge in [-0.15, -0.1) is 0 Å². The first-order valence-electron chi connectivity index (χ1n) is 23.1. The second kappa shape index (κ2) is 13.0. The van der Waals surface area contributed by atoms with Crippen LogP contribution in [0.2, 0.25) is 0 Å². The van der Waals surface area contributed by atoms with Crippen LogP contribution in [0.4, 0.5) is 0 Å². The highest BCUT2D eigenvalue weighted by molar-refractivity contribution is 6.19. The molecule has 0 amide bonds. The van der Waals surface area contributed by atoms with E-state index in [9.17, 15) is 8.22 Å². The quantitative estimate of drug-likeness (QED) is 0.171. The Labute approximate surface area is 337 Å². The van der Waals surface area contributed by atoms with Crippen LogP contribution in [0.5, 0.6) is 0 Å². The van der Waals surface area contributed by atoms with Crippen molar-refractivity contribution in [3.8, 4) is 56.7 Å². The standard InChI is InChI=1S/C51H33N5/c1-4-14-34(15-5-1)36-24-26-39(27-25-36)50-52-49(38-18-8-3-9-19-38)53-51(54-50)56-46-23-13-11-21-42(46)44-32-43-41-20-10-12-22-45(41)55(47(43)33-48(44)56)40-30-28-37(29-31-40)35-16-6-2-7-17-35/h1-33H/i10D,11D,12D,13D,20D,21D,22D,23D,32D,33D. The Hall–Kier alpha value is -7.63. The Balaban J connectivity index is 1.29. The summed E-state index contributed by atoms with van der Waals surface area (Å²) in [6.45, 7) is 0. The minimum atomic E-state index is -0.555. The van der Waals surface area contributed by atoms with Gasteiger partial charge < -0.3 is 4.57 Å². The molecule has 3 aromatic heterocycles. The average Bonchev–Trinajstić information content (AvgIpc) is 3.93. The van der Waals surface area contributed by atoms with Gasteiger partial charge in [-0.05, 0) is 58.6 Å². The van der Waals surface area contributed by atoms with Crippen LogP contribution in [0.15, 0.2) is 200 Å². The predicted molar refractivity (Wildman–Crippen MR) is 230 cm³/mol. The van der Waals surface area contributed by atoms with E-state index in [4.69, 9.17) is 20.4 Å². The molecule has 0 saturated carbocycles. The fraction of sp³-hybridized carbons (Fsp3) is 0. The van der Waals surface area contributed by atoms with Gasteiger partial charge in [-0.3, -0.25) is 4.57 Å². The smallest absolute Gasteiger partial charge is 0.238 e. The first kappa shape index (κ1) is 23.2. The van der Waals surface area contributed by atoms with E-state index in [1.807, 2.05) is 127 Å². The minimum absolute atomic E-state index is 0.00182. The molecule has 0 N–H and O–H groups in total. The van der Waals surface area contributed by atoms with Gasteiger partial charge in [-0.25, -0.2) is 4.98 Å². The van der Waals surface area contributed by atoms with E-state index in [1.54, 1.807) is 16.7 Å². The molecule has 262 valence electrons. The van der Waals surface area contributed by atoms with Gasteiger partial charge in [0.05, 0.1) is 35.8 Å². The van der Waals surface area contributed by atoms with Gasteiger partial charge >= 0.3 is 0 Å². The molecule has 0 saturated heterocycles. The summed E-state index contributed by atoms with van der Waals surface area (Å²) in [5, 5.41) is -0.0810. The second-order valence-corrected chi connectivity index (χ2v) is 13.3. The summed E-state index contributed by atoms with van der Waals surface area (Å²) in [5.41, 5.74) is 5.53. The fourth-order valence-corrected chi connectivity index (χ4v) is 7.35. The van der Waals surface area contributed by atoms with Gasteiger partial charge in [0.15, 0.2) is 11.6 Å². The minimum Gasteiger partial charge on any atom is -0.309 e. The molecule has 3 heterocycles. The number of rotatable bonds is 6. The number of benzene rings is 8. The third-order valence-electron chi connectivity index (χ3n) is 10.0. The molecule has 0 aliphatic carbocycles. The van der Waals surface area contributed by atoms with Crippen molar-refractivity contribution in [1.29, 1.82) is 0 Å². The number of aromatic nitrogens is 5. The highest BCUT2D eigenvalue weighted by Crippen LogP contribution is 2.40. The SMILES string of the molecule is [2H]c1c([2H])c([2H])c2c(c1[2H])c1c([2H])c3c4c([2H])c([2H])c([2H])c([2H])c4n(-c4nc(-c5ccccc5)nc(-c5ccc(-c6ccccc6)cc5)n4)c3c([2H])c1n2-c1ccc(-c2ccccc2)cc1. The highest BCUT2D eigenvalue weighted by atomic mass is 15.2. The Morgan fingerprint density at radius 3 is 1.30 bits per heavy atom. The summed E-state index contributed by atoms with van der Waals surface area (Å²) < 4.78 is 95.5. The number of para-hydroxylation sites is 2. The van der Waals surface area contributed by atoms with E-state index in [2.05, 4.69) is 0 Å². The zero-order valence-electron chi connectivity index (χ0n) is 39.5. The molecule has 5 heteroatoms. The van der Waals surface area contributed by atoms with Crippen molar-refractivity contribution >= 4 is 43.6 Å².